The van der Waals surface area contributed by atoms with E-state index in [2.05, 4.69) is 31.3 Å². The van der Waals surface area contributed by atoms with Gasteiger partial charge in [0.15, 0.2) is 0 Å². The van der Waals surface area contributed by atoms with Gasteiger partial charge in [0.05, 0.1) is 25.4 Å². The van der Waals surface area contributed by atoms with E-state index in [0.29, 0.717) is 19.4 Å². The molecule has 0 radical (unpaired) electrons. The molecular formula is C80H155NO5. The van der Waals surface area contributed by atoms with Crippen molar-refractivity contribution in [3.63, 3.8) is 0 Å². The molecule has 0 bridgehead atoms. The standard InChI is InChI=1S/C80H155NO5/c1-3-5-7-9-11-13-15-17-19-20-43-46-50-54-58-62-66-70-74-80(85)86-75-71-67-63-59-55-51-47-44-41-39-37-35-33-31-29-27-25-23-21-22-24-26-28-30-32-34-36-38-40-42-45-49-53-57-61-65-69-73-79(84)81-77(76-82)78(83)72-68-64-60-56-52-48-18-16-14-12-10-8-6-4-2/h19-20,68,72,77-78,82-83H,3-18,21-67,69-71,73-76H2,1-2H3,(H,81,84)/b20-19-,72-68+. The van der Waals surface area contributed by atoms with Crippen LogP contribution in [-0.2, 0) is 14.3 Å². The molecule has 0 fully saturated rings. The maximum Gasteiger partial charge on any atom is 0.305 e. The molecule has 0 aromatic carbocycles. The zero-order valence-corrected chi connectivity index (χ0v) is 58.6. The van der Waals surface area contributed by atoms with Gasteiger partial charge < -0.3 is 20.3 Å². The van der Waals surface area contributed by atoms with Crippen LogP contribution in [-0.4, -0.2) is 47.4 Å². The van der Waals surface area contributed by atoms with E-state index in [9.17, 15) is 19.8 Å². The Balaban J connectivity index is 3.29. The van der Waals surface area contributed by atoms with Gasteiger partial charge in [-0.1, -0.05) is 404 Å². The smallest absolute Gasteiger partial charge is 0.305 e. The first-order valence-electron chi connectivity index (χ1n) is 39.6. The normalized spacial score (nSPS) is 12.6. The number of ether oxygens (including phenoxy) is 1. The highest BCUT2D eigenvalue weighted by atomic mass is 16.5. The van der Waals surface area contributed by atoms with Crippen LogP contribution in [0.15, 0.2) is 24.3 Å². The number of aliphatic hydroxyl groups is 2. The molecule has 2 unspecified atom stereocenters. The summed E-state index contributed by atoms with van der Waals surface area (Å²) < 4.78 is 5.52. The lowest BCUT2D eigenvalue weighted by atomic mass is 10.0. The lowest BCUT2D eigenvalue weighted by Crippen LogP contribution is -2.45. The van der Waals surface area contributed by atoms with E-state index in [-0.39, 0.29) is 18.5 Å². The summed E-state index contributed by atoms with van der Waals surface area (Å²) in [6.45, 7) is 4.94. The van der Waals surface area contributed by atoms with Crippen molar-refractivity contribution in [2.75, 3.05) is 13.2 Å². The van der Waals surface area contributed by atoms with E-state index in [0.717, 1.165) is 38.5 Å². The molecule has 6 nitrogen and oxygen atoms in total. The van der Waals surface area contributed by atoms with Gasteiger partial charge in [-0.05, 0) is 57.8 Å². The highest BCUT2D eigenvalue weighted by molar-refractivity contribution is 5.76. The van der Waals surface area contributed by atoms with Gasteiger partial charge in [-0.3, -0.25) is 9.59 Å². The third-order valence-electron chi connectivity index (χ3n) is 18.7. The van der Waals surface area contributed by atoms with Crippen LogP contribution in [0.5, 0.6) is 0 Å². The van der Waals surface area contributed by atoms with Gasteiger partial charge in [0.1, 0.15) is 0 Å². The van der Waals surface area contributed by atoms with Gasteiger partial charge in [-0.25, -0.2) is 0 Å². The molecule has 0 aliphatic carbocycles. The first-order chi connectivity index (χ1) is 42.5. The number of esters is 1. The van der Waals surface area contributed by atoms with Crippen LogP contribution in [0.25, 0.3) is 0 Å². The monoisotopic (exact) mass is 1210 g/mol. The van der Waals surface area contributed by atoms with Crippen LogP contribution in [0.3, 0.4) is 0 Å². The van der Waals surface area contributed by atoms with E-state index in [1.165, 1.54) is 385 Å². The fourth-order valence-corrected chi connectivity index (χ4v) is 12.7. The zero-order valence-electron chi connectivity index (χ0n) is 58.6. The van der Waals surface area contributed by atoms with Gasteiger partial charge in [-0.2, -0.15) is 0 Å². The second kappa shape index (κ2) is 75.8. The molecule has 1 amide bonds. The summed E-state index contributed by atoms with van der Waals surface area (Å²) in [5, 5.41) is 23.2. The maximum atomic E-state index is 12.5. The van der Waals surface area contributed by atoms with E-state index in [4.69, 9.17) is 4.74 Å². The number of rotatable bonds is 75. The summed E-state index contributed by atoms with van der Waals surface area (Å²) in [5.74, 6) is -0.0384. The summed E-state index contributed by atoms with van der Waals surface area (Å²) in [6, 6.07) is -0.623. The third-order valence-corrected chi connectivity index (χ3v) is 18.7. The minimum Gasteiger partial charge on any atom is -0.466 e. The Morgan fingerprint density at radius 3 is 0.826 bits per heavy atom. The molecule has 0 aromatic heterocycles. The number of nitrogens with one attached hydrogen (secondary N) is 1. The van der Waals surface area contributed by atoms with Crippen molar-refractivity contribution < 1.29 is 24.5 Å². The number of aliphatic hydroxyl groups excluding tert-OH is 2. The molecule has 0 aromatic rings. The Kier molecular flexibility index (Phi) is 74.3. The summed E-state index contributed by atoms with van der Waals surface area (Å²) in [4.78, 5) is 24.6. The van der Waals surface area contributed by atoms with E-state index >= 15 is 0 Å². The molecule has 0 rings (SSSR count). The molecule has 0 aliphatic rings. The van der Waals surface area contributed by atoms with Gasteiger partial charge >= 0.3 is 5.97 Å². The predicted molar refractivity (Wildman–Crippen MR) is 380 cm³/mol. The quantitative estimate of drug-likeness (QED) is 0.0320. The van der Waals surface area contributed by atoms with Crippen LogP contribution in [0.1, 0.15) is 450 Å². The zero-order chi connectivity index (χ0) is 62.0. The lowest BCUT2D eigenvalue weighted by Gasteiger charge is -2.20. The summed E-state index contributed by atoms with van der Waals surface area (Å²) in [5.41, 5.74) is 0. The van der Waals surface area contributed by atoms with E-state index in [1.54, 1.807) is 6.08 Å². The number of unbranched alkanes of at least 4 members (excludes halogenated alkanes) is 62. The number of hydrogen-bond acceptors (Lipinski definition) is 5. The van der Waals surface area contributed by atoms with Gasteiger partial charge in [0.2, 0.25) is 5.91 Å². The minimum atomic E-state index is -0.839. The Morgan fingerprint density at radius 2 is 0.547 bits per heavy atom. The van der Waals surface area contributed by atoms with Crippen molar-refractivity contribution in [3.8, 4) is 0 Å². The van der Waals surface area contributed by atoms with Crippen molar-refractivity contribution in [1.29, 1.82) is 0 Å². The first-order valence-corrected chi connectivity index (χ1v) is 39.6. The van der Waals surface area contributed by atoms with Crippen molar-refractivity contribution in [3.05, 3.63) is 24.3 Å². The predicted octanol–water partition coefficient (Wildman–Crippen LogP) is 26.0. The molecule has 0 saturated heterocycles. The van der Waals surface area contributed by atoms with Crippen LogP contribution in [0, 0.1) is 0 Å². The van der Waals surface area contributed by atoms with Gasteiger partial charge in [0.25, 0.3) is 0 Å². The fourth-order valence-electron chi connectivity index (χ4n) is 12.7. The topological polar surface area (TPSA) is 95.9 Å². The summed E-state index contributed by atoms with van der Waals surface area (Å²) >= 11 is 0. The summed E-state index contributed by atoms with van der Waals surface area (Å²) in [7, 11) is 0. The molecule has 0 aliphatic heterocycles. The molecular weight excluding hydrogens is 1050 g/mol. The van der Waals surface area contributed by atoms with Crippen molar-refractivity contribution in [2.24, 2.45) is 0 Å². The SMILES string of the molecule is CCCCCCCCC/C=C\CCCCCCCCCC(=O)OCCCCCCCCCCCCCCCCCCCCCCCCCCCCCCCCCCCCCCCC(=O)NC(CO)C(O)/C=C/CCCCCCCCCCCCCC. The number of amides is 1. The van der Waals surface area contributed by atoms with Crippen LogP contribution < -0.4 is 5.32 Å². The third kappa shape index (κ3) is 71.4. The number of allylic oxidation sites excluding steroid dienone is 3. The summed E-state index contributed by atoms with van der Waals surface area (Å²) in [6.07, 6.45) is 97.4. The Bertz CT molecular complexity index is 1350. The molecule has 0 spiro atoms. The highest BCUT2D eigenvalue weighted by Gasteiger charge is 2.18. The highest BCUT2D eigenvalue weighted by Crippen LogP contribution is 2.20. The number of hydrogen-bond donors (Lipinski definition) is 3. The van der Waals surface area contributed by atoms with Crippen molar-refractivity contribution in [2.45, 2.75) is 463 Å². The molecule has 510 valence electrons. The van der Waals surface area contributed by atoms with E-state index < -0.39 is 12.1 Å². The maximum absolute atomic E-state index is 12.5. The molecule has 0 heterocycles. The molecule has 2 atom stereocenters. The largest absolute Gasteiger partial charge is 0.466 e. The van der Waals surface area contributed by atoms with Crippen LogP contribution in [0.4, 0.5) is 0 Å². The molecule has 86 heavy (non-hydrogen) atoms. The molecule has 6 heteroatoms. The Labute approximate surface area is 539 Å². The Morgan fingerprint density at radius 1 is 0.314 bits per heavy atom. The van der Waals surface area contributed by atoms with Crippen LogP contribution >= 0.6 is 0 Å². The first kappa shape index (κ1) is 84.3. The van der Waals surface area contributed by atoms with Crippen LogP contribution in [0.2, 0.25) is 0 Å². The number of carbonyl (C=O) groups excluding carboxylic acids is 2. The second-order valence-electron chi connectivity index (χ2n) is 27.4. The minimum absolute atomic E-state index is 0.0212. The lowest BCUT2D eigenvalue weighted by molar-refractivity contribution is -0.143. The number of carbonyl (C=O) groups is 2. The van der Waals surface area contributed by atoms with Crippen molar-refractivity contribution >= 4 is 11.9 Å². The molecule has 0 saturated carbocycles. The van der Waals surface area contributed by atoms with E-state index in [1.807, 2.05) is 6.08 Å². The fraction of sp³-hybridized carbons (Fsp3) is 0.925. The average molecular weight is 1210 g/mol. The van der Waals surface area contributed by atoms with Crippen molar-refractivity contribution in [1.82, 2.24) is 5.32 Å². The Hall–Kier alpha value is -1.66. The molecule has 3 N–H and O–H groups in total. The average Bonchev–Trinajstić information content (AvgIpc) is 3.51. The van der Waals surface area contributed by atoms with Gasteiger partial charge in [-0.15, -0.1) is 0 Å². The second-order valence-corrected chi connectivity index (χ2v) is 27.4. The van der Waals surface area contributed by atoms with Gasteiger partial charge in [0, 0.05) is 12.8 Å².